The lowest BCUT2D eigenvalue weighted by atomic mass is 9.98. The molecule has 0 spiro atoms. The molecular formula is C39H36F2N6O5S. The first-order chi connectivity index (χ1) is 25.4. The number of carbonyl (C=O) groups is 1. The van der Waals surface area contributed by atoms with Crippen molar-refractivity contribution in [3.8, 4) is 34.2 Å². The summed E-state index contributed by atoms with van der Waals surface area (Å²) in [6.07, 6.45) is 4.29. The molecule has 14 heteroatoms. The standard InChI is InChI=1S/C39H36F2N6O5S/c1-22-6-3-4-7-27(22)28-17-32-24(16-35(28)51-26-10-12-46(13-11-26)25-20-53(49,50)21-25)15-33(45-32)37(48)29-18-44-47(39(29)42)34-19-43-36(14-23(34)2)52-38-30(40)8-5-9-31(38)41/h3-9,14-19,25-26,45H,10-13,20-21,42H2,1-2H3. The Morgan fingerprint density at radius 2 is 1.66 bits per heavy atom. The number of aromatic nitrogens is 4. The maximum atomic E-state index is 14.1. The Bertz CT molecular complexity index is 2480. The lowest BCUT2D eigenvalue weighted by molar-refractivity contribution is 0.0828. The fraction of sp³-hybridized carbons (Fsp3) is 0.256. The summed E-state index contributed by atoms with van der Waals surface area (Å²) in [6, 6.07) is 18.8. The number of hydrogen-bond donors (Lipinski definition) is 2. The van der Waals surface area contributed by atoms with Crippen molar-refractivity contribution in [2.75, 3.05) is 30.3 Å². The number of hydrogen-bond acceptors (Lipinski definition) is 9. The minimum atomic E-state index is -2.89. The molecular weight excluding hydrogens is 703 g/mol. The van der Waals surface area contributed by atoms with Crippen LogP contribution >= 0.6 is 0 Å². The van der Waals surface area contributed by atoms with Crippen molar-refractivity contribution in [1.29, 1.82) is 0 Å². The Kier molecular flexibility index (Phi) is 8.74. The van der Waals surface area contributed by atoms with Gasteiger partial charge >= 0.3 is 0 Å². The largest absolute Gasteiger partial charge is 0.490 e. The number of benzene rings is 3. The van der Waals surface area contributed by atoms with E-state index in [9.17, 15) is 22.0 Å². The van der Waals surface area contributed by atoms with E-state index in [2.05, 4.69) is 20.0 Å². The van der Waals surface area contributed by atoms with Crippen molar-refractivity contribution in [3.63, 3.8) is 0 Å². The van der Waals surface area contributed by atoms with Crippen LogP contribution in [0.15, 0.2) is 79.1 Å². The topological polar surface area (TPSA) is 145 Å². The molecule has 6 aromatic rings. The molecule has 0 amide bonds. The van der Waals surface area contributed by atoms with Crippen LogP contribution in [0.2, 0.25) is 0 Å². The first-order valence-electron chi connectivity index (χ1n) is 17.2. The van der Waals surface area contributed by atoms with E-state index in [-0.39, 0.29) is 46.7 Å². The number of para-hydroxylation sites is 1. The highest BCUT2D eigenvalue weighted by molar-refractivity contribution is 7.92. The quantitative estimate of drug-likeness (QED) is 0.158. The number of nitrogens with one attached hydrogen (secondary N) is 1. The molecule has 5 heterocycles. The molecule has 2 saturated heterocycles. The van der Waals surface area contributed by atoms with Gasteiger partial charge in [-0.2, -0.15) is 5.10 Å². The number of H-pyrrole nitrogens is 1. The van der Waals surface area contributed by atoms with Gasteiger partial charge in [0.1, 0.15) is 17.7 Å². The maximum Gasteiger partial charge on any atom is 0.219 e. The van der Waals surface area contributed by atoms with Gasteiger partial charge in [-0.25, -0.2) is 26.9 Å². The Hall–Kier alpha value is -5.60. The summed E-state index contributed by atoms with van der Waals surface area (Å²) in [5, 5.41) is 5.15. The summed E-state index contributed by atoms with van der Waals surface area (Å²) >= 11 is 0. The Morgan fingerprint density at radius 3 is 2.36 bits per heavy atom. The second-order valence-corrected chi connectivity index (χ2v) is 15.8. The molecule has 0 aliphatic carbocycles. The normalized spacial score (nSPS) is 16.5. The first-order valence-corrected chi connectivity index (χ1v) is 19.1. The number of halogens is 2. The van der Waals surface area contributed by atoms with Gasteiger partial charge in [-0.05, 0) is 73.7 Å². The van der Waals surface area contributed by atoms with Gasteiger partial charge < -0.3 is 20.2 Å². The van der Waals surface area contributed by atoms with Crippen LogP contribution in [0.3, 0.4) is 0 Å². The number of carbonyl (C=O) groups excluding carboxylic acids is 1. The second kappa shape index (κ2) is 13.4. The second-order valence-electron chi connectivity index (χ2n) is 13.7. The lowest BCUT2D eigenvalue weighted by Gasteiger charge is -2.41. The van der Waals surface area contributed by atoms with Gasteiger partial charge in [0.2, 0.25) is 17.4 Å². The summed E-state index contributed by atoms with van der Waals surface area (Å²) in [6.45, 7) is 5.31. The number of anilines is 1. The molecule has 272 valence electrons. The van der Waals surface area contributed by atoms with E-state index >= 15 is 0 Å². The number of nitrogens with two attached hydrogens (primary N) is 1. The van der Waals surface area contributed by atoms with Crippen molar-refractivity contribution < 1.29 is 31.5 Å². The summed E-state index contributed by atoms with van der Waals surface area (Å²) in [5.41, 5.74) is 11.7. The van der Waals surface area contributed by atoms with Crippen LogP contribution in [0, 0.1) is 25.5 Å². The number of aromatic amines is 1. The zero-order chi connectivity index (χ0) is 37.0. The van der Waals surface area contributed by atoms with Crippen LogP contribution < -0.4 is 15.2 Å². The molecule has 3 N–H and O–H groups in total. The zero-order valence-electron chi connectivity index (χ0n) is 29.0. The number of likely N-dealkylation sites (tertiary alicyclic amines) is 1. The third-order valence-corrected chi connectivity index (χ3v) is 11.8. The molecule has 2 aliphatic rings. The molecule has 0 unspecified atom stereocenters. The van der Waals surface area contributed by atoms with E-state index < -0.39 is 27.2 Å². The van der Waals surface area contributed by atoms with Crippen molar-refractivity contribution in [3.05, 3.63) is 113 Å². The summed E-state index contributed by atoms with van der Waals surface area (Å²) in [7, 11) is -2.89. The third-order valence-electron chi connectivity index (χ3n) is 10.0. The molecule has 2 aliphatic heterocycles. The number of aryl methyl sites for hydroxylation is 2. The van der Waals surface area contributed by atoms with Gasteiger partial charge in [0.15, 0.2) is 21.5 Å². The van der Waals surface area contributed by atoms with Gasteiger partial charge in [0.25, 0.3) is 0 Å². The van der Waals surface area contributed by atoms with Gasteiger partial charge in [-0.15, -0.1) is 0 Å². The molecule has 0 saturated carbocycles. The van der Waals surface area contributed by atoms with E-state index in [1.807, 2.05) is 43.3 Å². The van der Waals surface area contributed by atoms with E-state index in [4.69, 9.17) is 15.2 Å². The molecule has 2 fully saturated rings. The molecule has 11 nitrogen and oxygen atoms in total. The van der Waals surface area contributed by atoms with E-state index in [0.29, 0.717) is 22.7 Å². The summed E-state index contributed by atoms with van der Waals surface area (Å²) in [5.74, 6) is -1.42. The highest BCUT2D eigenvalue weighted by Gasteiger charge is 2.39. The average Bonchev–Trinajstić information content (AvgIpc) is 3.72. The average molecular weight is 739 g/mol. The van der Waals surface area contributed by atoms with Crippen molar-refractivity contribution in [2.45, 2.75) is 38.8 Å². The van der Waals surface area contributed by atoms with E-state index in [1.165, 1.54) is 29.2 Å². The molecule has 3 aromatic heterocycles. The smallest absolute Gasteiger partial charge is 0.219 e. The van der Waals surface area contributed by atoms with Gasteiger partial charge in [0, 0.05) is 41.7 Å². The maximum absolute atomic E-state index is 14.1. The predicted molar refractivity (Wildman–Crippen MR) is 197 cm³/mol. The highest BCUT2D eigenvalue weighted by Crippen LogP contribution is 2.38. The summed E-state index contributed by atoms with van der Waals surface area (Å²) < 4.78 is 65.2. The fourth-order valence-corrected chi connectivity index (χ4v) is 8.60. The Morgan fingerprint density at radius 1 is 0.925 bits per heavy atom. The van der Waals surface area contributed by atoms with Gasteiger partial charge in [-0.3, -0.25) is 9.69 Å². The number of piperidine rings is 1. The van der Waals surface area contributed by atoms with Crippen LogP contribution in [-0.4, -0.2) is 75.6 Å². The van der Waals surface area contributed by atoms with Crippen molar-refractivity contribution in [1.82, 2.24) is 24.6 Å². The third kappa shape index (κ3) is 6.64. The molecule has 0 bridgehead atoms. The van der Waals surface area contributed by atoms with E-state index in [0.717, 1.165) is 65.7 Å². The Labute approximate surface area is 304 Å². The molecule has 3 aromatic carbocycles. The number of rotatable bonds is 9. The molecule has 8 rings (SSSR count). The highest BCUT2D eigenvalue weighted by atomic mass is 32.2. The molecule has 53 heavy (non-hydrogen) atoms. The van der Waals surface area contributed by atoms with Crippen molar-refractivity contribution >= 4 is 32.3 Å². The number of ketones is 1. The van der Waals surface area contributed by atoms with Crippen LogP contribution in [0.4, 0.5) is 14.6 Å². The molecule has 0 atom stereocenters. The van der Waals surface area contributed by atoms with Gasteiger partial charge in [0.05, 0.1) is 40.8 Å². The van der Waals surface area contributed by atoms with E-state index in [1.54, 1.807) is 13.0 Å². The van der Waals surface area contributed by atoms with Crippen LogP contribution in [-0.2, 0) is 9.84 Å². The number of nitrogen functional groups attached to an aromatic ring is 1. The minimum absolute atomic E-state index is 0.0273. The Balaban J connectivity index is 1.05. The van der Waals surface area contributed by atoms with Crippen LogP contribution in [0.5, 0.6) is 17.4 Å². The fourth-order valence-electron chi connectivity index (χ4n) is 7.11. The van der Waals surface area contributed by atoms with Crippen LogP contribution in [0.25, 0.3) is 27.7 Å². The number of nitrogens with zero attached hydrogens (tertiary/aromatic N) is 4. The zero-order valence-corrected chi connectivity index (χ0v) is 29.8. The number of pyridine rings is 1. The number of fused-ring (bicyclic) bond motifs is 1. The SMILES string of the molecule is Cc1ccccc1-c1cc2[nH]c(C(=O)c3cnn(-c4cnc(Oc5c(F)cccc5F)cc4C)c3N)cc2cc1OC1CCN(C2CS(=O)(=O)C2)CC1. The number of sulfone groups is 1. The van der Waals surface area contributed by atoms with Crippen molar-refractivity contribution in [2.24, 2.45) is 0 Å². The van der Waals surface area contributed by atoms with Gasteiger partial charge in [-0.1, -0.05) is 30.3 Å². The molecule has 0 radical (unpaired) electrons. The number of ether oxygens (including phenoxy) is 2. The minimum Gasteiger partial charge on any atom is -0.490 e. The first kappa shape index (κ1) is 34.5. The monoisotopic (exact) mass is 738 g/mol. The lowest BCUT2D eigenvalue weighted by Crippen LogP contribution is -2.56. The summed E-state index contributed by atoms with van der Waals surface area (Å²) in [4.78, 5) is 23.6. The van der Waals surface area contributed by atoms with Crippen LogP contribution in [0.1, 0.15) is 40.0 Å². The predicted octanol–water partition coefficient (Wildman–Crippen LogP) is 6.56.